The molecule has 102 valence electrons. The molecule has 0 fully saturated rings. The second-order valence-electron chi connectivity index (χ2n) is 4.61. The molecule has 6 nitrogen and oxygen atoms in total. The number of aromatic amines is 1. The molecule has 0 aliphatic rings. The monoisotopic (exact) mass is 271 g/mol. The summed E-state index contributed by atoms with van der Waals surface area (Å²) >= 11 is 0. The summed E-state index contributed by atoms with van der Waals surface area (Å²) in [5.41, 5.74) is -0.459. The molecule has 2 heterocycles. The second-order valence-corrected chi connectivity index (χ2v) is 4.61. The van der Waals surface area contributed by atoms with Gasteiger partial charge in [0.2, 0.25) is 5.43 Å². The highest BCUT2D eigenvalue weighted by molar-refractivity contribution is 5.91. The summed E-state index contributed by atoms with van der Waals surface area (Å²) < 4.78 is 2.69. The number of nitrogens with zero attached hydrogens (tertiary/aromatic N) is 2. The summed E-state index contributed by atoms with van der Waals surface area (Å²) in [5, 5.41) is 0.499. The lowest BCUT2D eigenvalue weighted by atomic mass is 10.1. The predicted octanol–water partition coefficient (Wildman–Crippen LogP) is 0.562. The van der Waals surface area contributed by atoms with Crippen LogP contribution in [-0.2, 0) is 13.6 Å². The van der Waals surface area contributed by atoms with Crippen LogP contribution >= 0.6 is 0 Å². The van der Waals surface area contributed by atoms with E-state index in [1.54, 1.807) is 22.8 Å². The Morgan fingerprint density at radius 3 is 2.55 bits per heavy atom. The van der Waals surface area contributed by atoms with Crippen molar-refractivity contribution in [2.75, 3.05) is 0 Å². The average Bonchev–Trinajstić information content (AvgIpc) is 2.45. The van der Waals surface area contributed by atoms with E-state index < -0.39 is 11.2 Å². The van der Waals surface area contributed by atoms with Crippen LogP contribution in [0.2, 0.25) is 0 Å². The van der Waals surface area contributed by atoms with Crippen molar-refractivity contribution in [2.45, 2.75) is 13.5 Å². The van der Waals surface area contributed by atoms with Crippen molar-refractivity contribution >= 4 is 21.9 Å². The maximum Gasteiger partial charge on any atom is 0.329 e. The van der Waals surface area contributed by atoms with Gasteiger partial charge in [0.1, 0.15) is 11.0 Å². The third-order valence-electron chi connectivity index (χ3n) is 3.54. The third kappa shape index (κ3) is 1.48. The number of benzene rings is 1. The number of nitrogens with one attached hydrogen (secondary N) is 1. The summed E-state index contributed by atoms with van der Waals surface area (Å²) in [7, 11) is 1.35. The fourth-order valence-electron chi connectivity index (χ4n) is 2.50. The Kier molecular flexibility index (Phi) is 2.60. The smallest absolute Gasteiger partial charge is 0.327 e. The first-order valence-electron chi connectivity index (χ1n) is 6.30. The zero-order valence-electron chi connectivity index (χ0n) is 11.1. The van der Waals surface area contributed by atoms with Crippen molar-refractivity contribution in [3.05, 3.63) is 55.3 Å². The topological polar surface area (TPSA) is 76.9 Å². The normalized spacial score (nSPS) is 11.3. The number of fused-ring (bicyclic) bond motifs is 2. The van der Waals surface area contributed by atoms with E-state index in [9.17, 15) is 14.4 Å². The lowest BCUT2D eigenvalue weighted by Crippen LogP contribution is -2.36. The molecular formula is C14H13N3O3. The van der Waals surface area contributed by atoms with Gasteiger partial charge < -0.3 is 4.57 Å². The molecule has 0 radical (unpaired) electrons. The zero-order valence-corrected chi connectivity index (χ0v) is 11.1. The number of aromatic nitrogens is 3. The molecule has 0 unspecified atom stereocenters. The maximum atomic E-state index is 12.5. The van der Waals surface area contributed by atoms with E-state index in [2.05, 4.69) is 4.98 Å². The lowest BCUT2D eigenvalue weighted by molar-refractivity contribution is 0.759. The van der Waals surface area contributed by atoms with E-state index in [0.29, 0.717) is 17.4 Å². The first-order chi connectivity index (χ1) is 9.56. The molecule has 0 saturated carbocycles. The highest BCUT2D eigenvalue weighted by atomic mass is 16.2. The standard InChI is InChI=1S/C14H13N3O3/c1-3-17-9-7-5-4-6-8(9)11(18)10-12(17)15-14(20)16(2)13(10)19/h4-7H,3H2,1-2H3,(H,15,20). The Labute approximate surface area is 112 Å². The number of hydrogen-bond donors (Lipinski definition) is 1. The van der Waals surface area contributed by atoms with Gasteiger partial charge in [-0.15, -0.1) is 0 Å². The van der Waals surface area contributed by atoms with Crippen LogP contribution < -0.4 is 16.7 Å². The minimum Gasteiger partial charge on any atom is -0.327 e. The Morgan fingerprint density at radius 1 is 1.15 bits per heavy atom. The largest absolute Gasteiger partial charge is 0.329 e. The van der Waals surface area contributed by atoms with Crippen molar-refractivity contribution in [1.29, 1.82) is 0 Å². The number of para-hydroxylation sites is 1. The molecule has 0 aliphatic carbocycles. The van der Waals surface area contributed by atoms with Crippen LogP contribution in [0.15, 0.2) is 38.6 Å². The molecule has 1 aromatic carbocycles. The molecule has 0 bridgehead atoms. The molecule has 3 aromatic rings. The Morgan fingerprint density at radius 2 is 1.85 bits per heavy atom. The van der Waals surface area contributed by atoms with Crippen LogP contribution in [0.3, 0.4) is 0 Å². The van der Waals surface area contributed by atoms with Crippen LogP contribution in [0.1, 0.15) is 6.92 Å². The van der Waals surface area contributed by atoms with Crippen molar-refractivity contribution in [2.24, 2.45) is 7.05 Å². The number of H-pyrrole nitrogens is 1. The van der Waals surface area contributed by atoms with Crippen LogP contribution in [-0.4, -0.2) is 14.1 Å². The molecule has 0 aliphatic heterocycles. The van der Waals surface area contributed by atoms with E-state index in [1.165, 1.54) is 7.05 Å². The Bertz CT molecular complexity index is 1010. The fourth-order valence-corrected chi connectivity index (χ4v) is 2.50. The summed E-state index contributed by atoms with van der Waals surface area (Å²) in [6.07, 6.45) is 0. The van der Waals surface area contributed by atoms with Crippen molar-refractivity contribution in [3.63, 3.8) is 0 Å². The molecule has 6 heteroatoms. The van der Waals surface area contributed by atoms with Crippen molar-refractivity contribution in [1.82, 2.24) is 14.1 Å². The van der Waals surface area contributed by atoms with Gasteiger partial charge in [0, 0.05) is 19.0 Å². The number of hydrogen-bond acceptors (Lipinski definition) is 3. The highest BCUT2D eigenvalue weighted by Gasteiger charge is 2.15. The molecule has 2 aromatic heterocycles. The summed E-state index contributed by atoms with van der Waals surface area (Å²) in [6.45, 7) is 2.44. The van der Waals surface area contributed by atoms with Gasteiger partial charge in [-0.05, 0) is 19.1 Å². The molecular weight excluding hydrogens is 258 g/mol. The van der Waals surface area contributed by atoms with Gasteiger partial charge in [0.15, 0.2) is 0 Å². The minimum absolute atomic E-state index is 0.0210. The molecule has 0 spiro atoms. The lowest BCUT2D eigenvalue weighted by Gasteiger charge is -2.12. The maximum absolute atomic E-state index is 12.5. The van der Waals surface area contributed by atoms with Gasteiger partial charge in [-0.3, -0.25) is 19.1 Å². The van der Waals surface area contributed by atoms with Crippen LogP contribution in [0.4, 0.5) is 0 Å². The summed E-state index contributed by atoms with van der Waals surface area (Å²) in [4.78, 5) is 39.1. The Hall–Kier alpha value is -2.63. The van der Waals surface area contributed by atoms with E-state index >= 15 is 0 Å². The molecule has 0 amide bonds. The van der Waals surface area contributed by atoms with E-state index in [4.69, 9.17) is 0 Å². The van der Waals surface area contributed by atoms with E-state index in [-0.39, 0.29) is 16.5 Å². The SMILES string of the molecule is CCn1c2ccccc2c(=O)c2c(=O)n(C)c(=O)[nH]c21. The summed E-state index contributed by atoms with van der Waals surface area (Å²) in [6, 6.07) is 7.06. The van der Waals surface area contributed by atoms with Gasteiger partial charge in [-0.25, -0.2) is 4.79 Å². The van der Waals surface area contributed by atoms with Crippen LogP contribution in [0.5, 0.6) is 0 Å². The second kappa shape index (κ2) is 4.19. The summed E-state index contributed by atoms with van der Waals surface area (Å²) in [5.74, 6) is 0. The molecule has 0 atom stereocenters. The van der Waals surface area contributed by atoms with Gasteiger partial charge in [0.25, 0.3) is 5.56 Å². The minimum atomic E-state index is -0.568. The predicted molar refractivity (Wildman–Crippen MR) is 77.2 cm³/mol. The number of aryl methyl sites for hydroxylation is 1. The van der Waals surface area contributed by atoms with Gasteiger partial charge >= 0.3 is 5.69 Å². The molecule has 20 heavy (non-hydrogen) atoms. The first-order valence-corrected chi connectivity index (χ1v) is 6.30. The van der Waals surface area contributed by atoms with E-state index in [1.807, 2.05) is 13.0 Å². The fraction of sp³-hybridized carbons (Fsp3) is 0.214. The molecule has 0 saturated heterocycles. The first kappa shape index (κ1) is 12.4. The van der Waals surface area contributed by atoms with Gasteiger partial charge in [-0.2, -0.15) is 0 Å². The van der Waals surface area contributed by atoms with Crippen molar-refractivity contribution in [3.8, 4) is 0 Å². The van der Waals surface area contributed by atoms with Gasteiger partial charge in [0.05, 0.1) is 5.52 Å². The third-order valence-corrected chi connectivity index (χ3v) is 3.54. The quantitative estimate of drug-likeness (QED) is 0.657. The molecule has 3 rings (SSSR count). The highest BCUT2D eigenvalue weighted by Crippen LogP contribution is 2.14. The van der Waals surface area contributed by atoms with Crippen molar-refractivity contribution < 1.29 is 0 Å². The molecule has 1 N–H and O–H groups in total. The van der Waals surface area contributed by atoms with Gasteiger partial charge in [-0.1, -0.05) is 12.1 Å². The van der Waals surface area contributed by atoms with Crippen LogP contribution in [0.25, 0.3) is 21.9 Å². The number of rotatable bonds is 1. The Balaban J connectivity index is 2.80. The van der Waals surface area contributed by atoms with E-state index in [0.717, 1.165) is 4.57 Å². The zero-order chi connectivity index (χ0) is 14.4. The van der Waals surface area contributed by atoms with Crippen LogP contribution in [0, 0.1) is 0 Å². The average molecular weight is 271 g/mol. The number of pyridine rings is 1.